The van der Waals surface area contributed by atoms with Crippen molar-refractivity contribution >= 4 is 23.2 Å². The van der Waals surface area contributed by atoms with Crippen molar-refractivity contribution in [3.63, 3.8) is 0 Å². The van der Waals surface area contributed by atoms with Gasteiger partial charge in [-0.05, 0) is 29.8 Å². The van der Waals surface area contributed by atoms with Crippen molar-refractivity contribution in [2.75, 3.05) is 17.2 Å². The second-order valence-corrected chi connectivity index (χ2v) is 6.80. The standard InChI is InChI=1S/C21H23N5O/c1-16(27)23-19-9-7-17(8-10-19)14-25-11-12-26-20(15-25)13-22-21(26)24-18-5-3-2-4-6-18/h2-10,13H,11-12,14-15H2,1H3,(H,22,24)(H,23,27). The molecule has 0 radical (unpaired) electrons. The fourth-order valence-corrected chi connectivity index (χ4v) is 3.38. The van der Waals surface area contributed by atoms with Gasteiger partial charge in [0.05, 0.1) is 11.9 Å². The van der Waals surface area contributed by atoms with Gasteiger partial charge in [0.15, 0.2) is 0 Å². The van der Waals surface area contributed by atoms with Gasteiger partial charge in [0.25, 0.3) is 0 Å². The van der Waals surface area contributed by atoms with Crippen LogP contribution in [0.4, 0.5) is 17.3 Å². The third-order valence-electron chi connectivity index (χ3n) is 4.67. The lowest BCUT2D eigenvalue weighted by Gasteiger charge is -2.29. The van der Waals surface area contributed by atoms with Crippen LogP contribution < -0.4 is 10.6 Å². The van der Waals surface area contributed by atoms with E-state index in [-0.39, 0.29) is 5.91 Å². The second kappa shape index (κ2) is 7.63. The number of hydrogen-bond donors (Lipinski definition) is 2. The lowest BCUT2D eigenvalue weighted by Crippen LogP contribution is -2.33. The number of amides is 1. The maximum atomic E-state index is 11.1. The topological polar surface area (TPSA) is 62.2 Å². The number of para-hydroxylation sites is 1. The zero-order valence-corrected chi connectivity index (χ0v) is 15.4. The van der Waals surface area contributed by atoms with Crippen LogP contribution in [0.3, 0.4) is 0 Å². The summed E-state index contributed by atoms with van der Waals surface area (Å²) in [6.07, 6.45) is 1.96. The number of benzene rings is 2. The van der Waals surface area contributed by atoms with Gasteiger partial charge in [-0.3, -0.25) is 9.69 Å². The molecule has 0 atom stereocenters. The molecule has 1 aliphatic heterocycles. The van der Waals surface area contributed by atoms with E-state index in [0.29, 0.717) is 0 Å². The average molecular weight is 361 g/mol. The summed E-state index contributed by atoms with van der Waals surface area (Å²) < 4.78 is 2.25. The number of anilines is 3. The number of aromatic nitrogens is 2. The quantitative estimate of drug-likeness (QED) is 0.729. The van der Waals surface area contributed by atoms with Crippen LogP contribution in [0.2, 0.25) is 0 Å². The molecule has 0 saturated carbocycles. The molecule has 0 saturated heterocycles. The number of carbonyl (C=O) groups excluding carboxylic acids is 1. The van der Waals surface area contributed by atoms with Crippen LogP contribution in [0.25, 0.3) is 0 Å². The zero-order valence-electron chi connectivity index (χ0n) is 15.4. The molecule has 1 aromatic heterocycles. The van der Waals surface area contributed by atoms with Crippen molar-refractivity contribution in [3.8, 4) is 0 Å². The highest BCUT2D eigenvalue weighted by Crippen LogP contribution is 2.22. The van der Waals surface area contributed by atoms with Crippen LogP contribution in [0.15, 0.2) is 60.8 Å². The number of rotatable bonds is 5. The molecule has 2 heterocycles. The first kappa shape index (κ1) is 17.3. The lowest BCUT2D eigenvalue weighted by molar-refractivity contribution is -0.114. The molecule has 0 bridgehead atoms. The Balaban J connectivity index is 1.39. The fraction of sp³-hybridized carbons (Fsp3) is 0.238. The Morgan fingerprint density at radius 2 is 1.81 bits per heavy atom. The predicted molar refractivity (Wildman–Crippen MR) is 107 cm³/mol. The van der Waals surface area contributed by atoms with Crippen LogP contribution in [0.1, 0.15) is 18.2 Å². The number of carbonyl (C=O) groups is 1. The highest BCUT2D eigenvalue weighted by atomic mass is 16.1. The Morgan fingerprint density at radius 1 is 1.04 bits per heavy atom. The van der Waals surface area contributed by atoms with Crippen molar-refractivity contribution < 1.29 is 4.79 Å². The molecule has 0 fully saturated rings. The average Bonchev–Trinajstić information content (AvgIpc) is 3.06. The summed E-state index contributed by atoms with van der Waals surface area (Å²) in [5.74, 6) is 0.850. The van der Waals surface area contributed by atoms with Gasteiger partial charge in [0.1, 0.15) is 0 Å². The number of fused-ring (bicyclic) bond motifs is 1. The van der Waals surface area contributed by atoms with Crippen LogP contribution in [0, 0.1) is 0 Å². The van der Waals surface area contributed by atoms with Gasteiger partial charge in [-0.1, -0.05) is 30.3 Å². The number of hydrogen-bond acceptors (Lipinski definition) is 4. The molecule has 0 aliphatic carbocycles. The Labute approximate surface area is 158 Å². The summed E-state index contributed by atoms with van der Waals surface area (Å²) in [7, 11) is 0. The van der Waals surface area contributed by atoms with Gasteiger partial charge in [-0.25, -0.2) is 4.98 Å². The molecule has 6 nitrogen and oxygen atoms in total. The third-order valence-corrected chi connectivity index (χ3v) is 4.67. The minimum absolute atomic E-state index is 0.0491. The second-order valence-electron chi connectivity index (χ2n) is 6.80. The molecule has 0 spiro atoms. The summed E-state index contributed by atoms with van der Waals surface area (Å²) in [5.41, 5.74) is 4.33. The lowest BCUT2D eigenvalue weighted by atomic mass is 10.1. The zero-order chi connectivity index (χ0) is 18.6. The van der Waals surface area contributed by atoms with Crippen LogP contribution >= 0.6 is 0 Å². The molecule has 138 valence electrons. The van der Waals surface area contributed by atoms with Gasteiger partial charge >= 0.3 is 0 Å². The van der Waals surface area contributed by atoms with Gasteiger partial charge in [-0.15, -0.1) is 0 Å². The SMILES string of the molecule is CC(=O)Nc1ccc(CN2CCn3c(cnc3Nc3ccccc3)C2)cc1. The van der Waals surface area contributed by atoms with Crippen LogP contribution in [-0.2, 0) is 24.4 Å². The summed E-state index contributed by atoms with van der Waals surface area (Å²) in [5, 5.41) is 6.20. The molecule has 27 heavy (non-hydrogen) atoms. The number of nitrogens with one attached hydrogen (secondary N) is 2. The summed E-state index contributed by atoms with van der Waals surface area (Å²) in [6, 6.07) is 18.2. The molecule has 2 aromatic carbocycles. The maximum absolute atomic E-state index is 11.1. The minimum Gasteiger partial charge on any atom is -0.326 e. The fourth-order valence-electron chi connectivity index (χ4n) is 3.38. The first-order valence-corrected chi connectivity index (χ1v) is 9.13. The molecular formula is C21H23N5O. The predicted octanol–water partition coefficient (Wildman–Crippen LogP) is 3.60. The van der Waals surface area contributed by atoms with Gasteiger partial charge in [-0.2, -0.15) is 0 Å². The Bertz CT molecular complexity index is 918. The monoisotopic (exact) mass is 361 g/mol. The molecule has 1 amide bonds. The summed E-state index contributed by atoms with van der Waals surface area (Å²) >= 11 is 0. The maximum Gasteiger partial charge on any atom is 0.221 e. The molecule has 0 unspecified atom stereocenters. The minimum atomic E-state index is -0.0491. The highest BCUT2D eigenvalue weighted by Gasteiger charge is 2.19. The van der Waals surface area contributed by atoms with Crippen molar-refractivity contribution in [2.24, 2.45) is 0 Å². The smallest absolute Gasteiger partial charge is 0.221 e. The van der Waals surface area contributed by atoms with E-state index in [1.807, 2.05) is 48.7 Å². The number of nitrogens with zero attached hydrogens (tertiary/aromatic N) is 3. The van der Waals surface area contributed by atoms with Crippen molar-refractivity contribution in [1.29, 1.82) is 0 Å². The summed E-state index contributed by atoms with van der Waals surface area (Å²) in [6.45, 7) is 5.16. The highest BCUT2D eigenvalue weighted by molar-refractivity contribution is 5.88. The van der Waals surface area contributed by atoms with Crippen molar-refractivity contribution in [2.45, 2.75) is 26.6 Å². The van der Waals surface area contributed by atoms with Crippen molar-refractivity contribution in [1.82, 2.24) is 14.5 Å². The first-order chi connectivity index (χ1) is 13.2. The normalized spacial score (nSPS) is 13.8. The van der Waals surface area contributed by atoms with E-state index in [0.717, 1.165) is 43.5 Å². The van der Waals surface area contributed by atoms with E-state index in [1.165, 1.54) is 18.2 Å². The molecule has 1 aliphatic rings. The molecule has 6 heteroatoms. The van der Waals surface area contributed by atoms with E-state index in [4.69, 9.17) is 0 Å². The molecule has 2 N–H and O–H groups in total. The van der Waals surface area contributed by atoms with E-state index >= 15 is 0 Å². The summed E-state index contributed by atoms with van der Waals surface area (Å²) in [4.78, 5) is 18.1. The Hall–Kier alpha value is -3.12. The van der Waals surface area contributed by atoms with Crippen LogP contribution in [0.5, 0.6) is 0 Å². The van der Waals surface area contributed by atoms with E-state index in [2.05, 4.69) is 37.2 Å². The largest absolute Gasteiger partial charge is 0.326 e. The van der Waals surface area contributed by atoms with Gasteiger partial charge in [0.2, 0.25) is 11.9 Å². The molecule has 4 rings (SSSR count). The van der Waals surface area contributed by atoms with Crippen LogP contribution in [-0.4, -0.2) is 26.9 Å². The van der Waals surface area contributed by atoms with E-state index in [1.54, 1.807) is 0 Å². The van der Waals surface area contributed by atoms with Crippen molar-refractivity contribution in [3.05, 3.63) is 72.1 Å². The third kappa shape index (κ3) is 4.17. The van der Waals surface area contributed by atoms with Gasteiger partial charge in [0, 0.05) is 44.5 Å². The first-order valence-electron chi connectivity index (χ1n) is 9.13. The molecular weight excluding hydrogens is 338 g/mol. The number of imidazole rings is 1. The Kier molecular flexibility index (Phi) is 4.89. The Morgan fingerprint density at radius 3 is 2.56 bits per heavy atom. The van der Waals surface area contributed by atoms with E-state index in [9.17, 15) is 4.79 Å². The van der Waals surface area contributed by atoms with Gasteiger partial charge < -0.3 is 15.2 Å². The molecule has 3 aromatic rings. The van der Waals surface area contributed by atoms with E-state index < -0.39 is 0 Å².